The highest BCUT2D eigenvalue weighted by Crippen LogP contribution is 2.06. The minimum absolute atomic E-state index is 0.171. The van der Waals surface area contributed by atoms with Crippen LogP contribution in [0.4, 0.5) is 10.2 Å². The van der Waals surface area contributed by atoms with Crippen LogP contribution in [-0.2, 0) is 11.3 Å². The summed E-state index contributed by atoms with van der Waals surface area (Å²) in [6.45, 7) is 1.46. The average molecular weight is 264 g/mol. The predicted octanol–water partition coefficient (Wildman–Crippen LogP) is 1.57. The summed E-state index contributed by atoms with van der Waals surface area (Å²) in [5, 5.41) is 6.53. The number of carbonyl (C=O) groups excluding carboxylic acids is 1. The fourth-order valence-corrected chi connectivity index (χ4v) is 0.980. The first-order valence-electron chi connectivity index (χ1n) is 4.18. The average Bonchev–Trinajstić information content (AvgIpc) is 2.53. The highest BCUT2D eigenvalue weighted by Gasteiger charge is 2.09. The quantitative estimate of drug-likeness (QED) is 0.839. The lowest BCUT2D eigenvalue weighted by Gasteiger charge is -2.02. The molecule has 1 amide bonds. The molecule has 1 atom stereocenters. The lowest BCUT2D eigenvalue weighted by molar-refractivity contribution is -0.115. The molecule has 1 aromatic rings. The van der Waals surface area contributed by atoms with Crippen molar-refractivity contribution in [1.29, 1.82) is 0 Å². The Morgan fingerprint density at radius 3 is 3.14 bits per heavy atom. The summed E-state index contributed by atoms with van der Waals surface area (Å²) in [4.78, 5) is 10.9. The van der Waals surface area contributed by atoms with Crippen molar-refractivity contribution in [2.24, 2.45) is 0 Å². The molecule has 78 valence electrons. The summed E-state index contributed by atoms with van der Waals surface area (Å²) < 4.78 is 13.4. The first-order chi connectivity index (χ1) is 6.63. The normalized spacial score (nSPS) is 12.5. The number of aryl methyl sites for hydroxylation is 1. The molecule has 0 aliphatic carbocycles. The summed E-state index contributed by atoms with van der Waals surface area (Å²) in [7, 11) is 0. The van der Waals surface area contributed by atoms with E-state index in [1.165, 1.54) is 4.68 Å². The first-order valence-corrected chi connectivity index (χ1v) is 5.09. The van der Waals surface area contributed by atoms with Gasteiger partial charge in [-0.05, 0) is 6.92 Å². The molecule has 0 aliphatic rings. The van der Waals surface area contributed by atoms with Crippen LogP contribution in [0.15, 0.2) is 12.3 Å². The van der Waals surface area contributed by atoms with Gasteiger partial charge in [0.15, 0.2) is 5.82 Å². The molecule has 0 saturated carbocycles. The van der Waals surface area contributed by atoms with Crippen molar-refractivity contribution in [2.45, 2.75) is 18.3 Å². The molecule has 1 heterocycles. The molecule has 0 unspecified atom stereocenters. The van der Waals surface area contributed by atoms with Gasteiger partial charge in [-0.15, -0.1) is 0 Å². The van der Waals surface area contributed by atoms with Crippen LogP contribution in [0.25, 0.3) is 0 Å². The number of rotatable bonds is 4. The highest BCUT2D eigenvalue weighted by molar-refractivity contribution is 9.10. The van der Waals surface area contributed by atoms with E-state index in [0.717, 1.165) is 0 Å². The van der Waals surface area contributed by atoms with E-state index in [9.17, 15) is 9.18 Å². The number of nitrogens with zero attached hydrogens (tertiary/aromatic N) is 2. The summed E-state index contributed by atoms with van der Waals surface area (Å²) in [6.07, 6.45) is 1.62. The van der Waals surface area contributed by atoms with Gasteiger partial charge in [-0.2, -0.15) is 5.10 Å². The molecule has 1 aromatic heterocycles. The molecule has 0 aliphatic heterocycles. The van der Waals surface area contributed by atoms with E-state index in [2.05, 4.69) is 26.3 Å². The monoisotopic (exact) mass is 263 g/mol. The van der Waals surface area contributed by atoms with Crippen molar-refractivity contribution in [1.82, 2.24) is 9.78 Å². The van der Waals surface area contributed by atoms with E-state index in [4.69, 9.17) is 0 Å². The number of nitrogens with one attached hydrogen (secondary N) is 1. The molecule has 0 radical (unpaired) electrons. The second-order valence-corrected chi connectivity index (χ2v) is 4.13. The topological polar surface area (TPSA) is 46.9 Å². The Morgan fingerprint density at radius 1 is 1.86 bits per heavy atom. The zero-order valence-electron chi connectivity index (χ0n) is 7.70. The van der Waals surface area contributed by atoms with Crippen LogP contribution in [0, 0.1) is 0 Å². The van der Waals surface area contributed by atoms with Crippen molar-refractivity contribution in [3.05, 3.63) is 12.3 Å². The molecule has 0 fully saturated rings. The number of aromatic nitrogens is 2. The van der Waals surface area contributed by atoms with E-state index in [1.807, 2.05) is 0 Å². The van der Waals surface area contributed by atoms with Crippen molar-refractivity contribution in [3.63, 3.8) is 0 Å². The molecule has 14 heavy (non-hydrogen) atoms. The van der Waals surface area contributed by atoms with Crippen LogP contribution in [0.1, 0.15) is 6.92 Å². The van der Waals surface area contributed by atoms with E-state index in [0.29, 0.717) is 5.82 Å². The Hall–Kier alpha value is -0.910. The zero-order chi connectivity index (χ0) is 10.6. The Labute approximate surface area is 89.6 Å². The summed E-state index contributed by atoms with van der Waals surface area (Å²) in [6, 6.07) is 1.63. The number of hydrogen-bond acceptors (Lipinski definition) is 2. The third-order valence-electron chi connectivity index (χ3n) is 1.57. The number of anilines is 1. The van der Waals surface area contributed by atoms with Crippen LogP contribution in [0.5, 0.6) is 0 Å². The fourth-order valence-electron chi connectivity index (χ4n) is 0.865. The van der Waals surface area contributed by atoms with Gasteiger partial charge in [0.05, 0.1) is 11.4 Å². The standard InChI is InChI=1S/C8H11BrFN3O/c1-6(9)8(14)11-7-2-4-13(12-7)5-3-10/h2,4,6H,3,5H2,1H3,(H,11,12,14)/t6-/m0/s1. The molecular formula is C8H11BrFN3O. The van der Waals surface area contributed by atoms with E-state index in [-0.39, 0.29) is 17.3 Å². The van der Waals surface area contributed by atoms with Crippen LogP contribution in [0.2, 0.25) is 0 Å². The van der Waals surface area contributed by atoms with Gasteiger partial charge in [0, 0.05) is 12.3 Å². The number of halogens is 2. The molecule has 1 rings (SSSR count). The van der Waals surface area contributed by atoms with Gasteiger partial charge in [0.2, 0.25) is 5.91 Å². The second kappa shape index (κ2) is 5.09. The minimum atomic E-state index is -0.468. The Kier molecular flexibility index (Phi) is 4.06. The SMILES string of the molecule is C[C@H](Br)C(=O)Nc1ccn(CCF)n1. The van der Waals surface area contributed by atoms with Crippen LogP contribution in [0.3, 0.4) is 0 Å². The summed E-state index contributed by atoms with van der Waals surface area (Å²) >= 11 is 3.13. The lowest BCUT2D eigenvalue weighted by Crippen LogP contribution is -2.20. The van der Waals surface area contributed by atoms with Crippen molar-refractivity contribution >= 4 is 27.7 Å². The van der Waals surface area contributed by atoms with E-state index in [1.54, 1.807) is 19.2 Å². The molecule has 0 bridgehead atoms. The van der Waals surface area contributed by atoms with Crippen molar-refractivity contribution in [2.75, 3.05) is 12.0 Å². The summed E-state index contributed by atoms with van der Waals surface area (Å²) in [5.41, 5.74) is 0. The van der Waals surface area contributed by atoms with Crippen LogP contribution < -0.4 is 5.32 Å². The lowest BCUT2D eigenvalue weighted by atomic mass is 10.4. The van der Waals surface area contributed by atoms with Gasteiger partial charge < -0.3 is 5.32 Å². The highest BCUT2D eigenvalue weighted by atomic mass is 79.9. The Morgan fingerprint density at radius 2 is 2.57 bits per heavy atom. The predicted molar refractivity (Wildman–Crippen MR) is 55.2 cm³/mol. The van der Waals surface area contributed by atoms with E-state index < -0.39 is 6.67 Å². The maximum absolute atomic E-state index is 11.9. The minimum Gasteiger partial charge on any atom is -0.308 e. The summed E-state index contributed by atoms with van der Waals surface area (Å²) in [5.74, 6) is 0.269. The number of alkyl halides is 2. The zero-order valence-corrected chi connectivity index (χ0v) is 9.29. The van der Waals surface area contributed by atoms with E-state index >= 15 is 0 Å². The Balaban J connectivity index is 2.55. The molecule has 0 saturated heterocycles. The third-order valence-corrected chi connectivity index (χ3v) is 1.98. The van der Waals surface area contributed by atoms with Gasteiger partial charge in [-0.1, -0.05) is 15.9 Å². The molecule has 0 aromatic carbocycles. The number of amides is 1. The smallest absolute Gasteiger partial charge is 0.239 e. The third kappa shape index (κ3) is 3.10. The number of carbonyl (C=O) groups is 1. The largest absolute Gasteiger partial charge is 0.308 e. The molecular weight excluding hydrogens is 253 g/mol. The molecule has 6 heteroatoms. The second-order valence-electron chi connectivity index (χ2n) is 2.76. The van der Waals surface area contributed by atoms with Gasteiger partial charge in [-0.3, -0.25) is 9.48 Å². The first kappa shape index (κ1) is 11.2. The van der Waals surface area contributed by atoms with Gasteiger partial charge in [0.25, 0.3) is 0 Å². The maximum Gasteiger partial charge on any atom is 0.239 e. The van der Waals surface area contributed by atoms with Crippen LogP contribution >= 0.6 is 15.9 Å². The van der Waals surface area contributed by atoms with Crippen molar-refractivity contribution < 1.29 is 9.18 Å². The molecule has 0 spiro atoms. The molecule has 4 nitrogen and oxygen atoms in total. The van der Waals surface area contributed by atoms with Gasteiger partial charge >= 0.3 is 0 Å². The van der Waals surface area contributed by atoms with Crippen LogP contribution in [-0.4, -0.2) is 27.2 Å². The van der Waals surface area contributed by atoms with Crippen molar-refractivity contribution in [3.8, 4) is 0 Å². The number of hydrogen-bond donors (Lipinski definition) is 1. The fraction of sp³-hybridized carbons (Fsp3) is 0.500. The van der Waals surface area contributed by atoms with Gasteiger partial charge in [-0.25, -0.2) is 4.39 Å². The van der Waals surface area contributed by atoms with Gasteiger partial charge in [0.1, 0.15) is 6.67 Å². The molecule has 1 N–H and O–H groups in total. The Bertz CT molecular complexity index is 313. The maximum atomic E-state index is 11.9.